The zero-order chi connectivity index (χ0) is 14.7. The first kappa shape index (κ1) is 14.0. The van der Waals surface area contributed by atoms with E-state index in [9.17, 15) is 0 Å². The molecular weight excluding hydrogens is 272 g/mol. The molecule has 0 bridgehead atoms. The Morgan fingerprint density at radius 3 is 2.95 bits per heavy atom. The van der Waals surface area contributed by atoms with Gasteiger partial charge < -0.3 is 19.3 Å². The topological polar surface area (TPSA) is 82.3 Å². The largest absolute Gasteiger partial charge is 0.481 e. The van der Waals surface area contributed by atoms with Crippen LogP contribution in [0.4, 0.5) is 0 Å². The van der Waals surface area contributed by atoms with Gasteiger partial charge in [0.1, 0.15) is 0 Å². The zero-order valence-corrected chi connectivity index (χ0v) is 12.1. The molecule has 3 heterocycles. The van der Waals surface area contributed by atoms with E-state index in [0.29, 0.717) is 24.0 Å². The van der Waals surface area contributed by atoms with Crippen LogP contribution in [0.1, 0.15) is 29.7 Å². The Bertz CT molecular complexity index is 584. The molecule has 1 saturated heterocycles. The van der Waals surface area contributed by atoms with Crippen LogP contribution in [0.2, 0.25) is 0 Å². The Hall–Kier alpha value is -1.99. The fourth-order valence-corrected chi connectivity index (χ4v) is 2.37. The first-order valence-corrected chi connectivity index (χ1v) is 6.86. The Balaban J connectivity index is 1.64. The van der Waals surface area contributed by atoms with E-state index in [2.05, 4.69) is 20.4 Å². The van der Waals surface area contributed by atoms with E-state index in [4.69, 9.17) is 14.0 Å². The monoisotopic (exact) mass is 290 g/mol. The number of pyridine rings is 1. The highest BCUT2D eigenvalue weighted by molar-refractivity contribution is 5.20. The predicted molar refractivity (Wildman–Crippen MR) is 74.1 cm³/mol. The van der Waals surface area contributed by atoms with Crippen molar-refractivity contribution in [1.82, 2.24) is 20.4 Å². The van der Waals surface area contributed by atoms with Crippen molar-refractivity contribution in [2.45, 2.75) is 25.0 Å². The molecule has 2 aromatic rings. The summed E-state index contributed by atoms with van der Waals surface area (Å²) in [6, 6.07) is 3.83. The molecule has 21 heavy (non-hydrogen) atoms. The standard InChI is InChI=1S/C14H18N4O3/c1-19-10-6-11(15-8-10)14-17-12(18-21-14)5-9-3-4-13(20-2)16-7-9/h3-4,7,10-11,15H,5-6,8H2,1-2H3/t10-,11+/m0/s1. The summed E-state index contributed by atoms with van der Waals surface area (Å²) in [6.07, 6.45) is 3.39. The molecule has 3 rings (SSSR count). The van der Waals surface area contributed by atoms with E-state index in [-0.39, 0.29) is 12.1 Å². The average molecular weight is 290 g/mol. The fourth-order valence-electron chi connectivity index (χ4n) is 2.37. The van der Waals surface area contributed by atoms with Gasteiger partial charge in [0.2, 0.25) is 11.8 Å². The van der Waals surface area contributed by atoms with Crippen molar-refractivity contribution >= 4 is 0 Å². The van der Waals surface area contributed by atoms with Gasteiger partial charge in [0.25, 0.3) is 0 Å². The molecular formula is C14H18N4O3. The molecule has 0 spiro atoms. The Kier molecular flexibility index (Phi) is 4.12. The third-order valence-corrected chi connectivity index (χ3v) is 3.57. The average Bonchev–Trinajstić information content (AvgIpc) is 3.16. The molecule has 0 unspecified atom stereocenters. The van der Waals surface area contributed by atoms with Crippen molar-refractivity contribution in [1.29, 1.82) is 0 Å². The van der Waals surface area contributed by atoms with Gasteiger partial charge in [0.15, 0.2) is 5.82 Å². The zero-order valence-electron chi connectivity index (χ0n) is 12.1. The molecule has 1 fully saturated rings. The highest BCUT2D eigenvalue weighted by atomic mass is 16.5. The molecule has 112 valence electrons. The van der Waals surface area contributed by atoms with E-state index in [1.165, 1.54) is 0 Å². The summed E-state index contributed by atoms with van der Waals surface area (Å²) in [5.41, 5.74) is 1.01. The lowest BCUT2D eigenvalue weighted by Crippen LogP contribution is -2.16. The number of hydrogen-bond donors (Lipinski definition) is 1. The lowest BCUT2D eigenvalue weighted by atomic mass is 10.2. The van der Waals surface area contributed by atoms with Crippen molar-refractivity contribution in [3.8, 4) is 5.88 Å². The lowest BCUT2D eigenvalue weighted by Gasteiger charge is -2.04. The number of hydrogen-bond acceptors (Lipinski definition) is 7. The minimum atomic E-state index is 0.0743. The van der Waals surface area contributed by atoms with Crippen molar-refractivity contribution in [3.05, 3.63) is 35.6 Å². The van der Waals surface area contributed by atoms with E-state index in [1.807, 2.05) is 12.1 Å². The number of aromatic nitrogens is 3. The van der Waals surface area contributed by atoms with Crippen LogP contribution in [0.15, 0.2) is 22.9 Å². The number of nitrogens with zero attached hydrogens (tertiary/aromatic N) is 3. The molecule has 0 saturated carbocycles. The van der Waals surface area contributed by atoms with Gasteiger partial charge in [-0.1, -0.05) is 11.2 Å². The molecule has 2 atom stereocenters. The SMILES string of the molecule is COc1ccc(Cc2noc([C@H]3C[C@H](OC)CN3)n2)cn1. The first-order chi connectivity index (χ1) is 10.3. The molecule has 7 heteroatoms. The van der Waals surface area contributed by atoms with Gasteiger partial charge in [-0.05, 0) is 12.0 Å². The van der Waals surface area contributed by atoms with E-state index in [1.54, 1.807) is 20.4 Å². The summed E-state index contributed by atoms with van der Waals surface area (Å²) in [5.74, 6) is 1.86. The number of methoxy groups -OCH3 is 2. The van der Waals surface area contributed by atoms with Crippen LogP contribution in [0, 0.1) is 0 Å². The normalized spacial score (nSPS) is 21.6. The smallest absolute Gasteiger partial charge is 0.243 e. The fraction of sp³-hybridized carbons (Fsp3) is 0.500. The summed E-state index contributed by atoms with van der Waals surface area (Å²) in [7, 11) is 3.31. The van der Waals surface area contributed by atoms with Crippen LogP contribution >= 0.6 is 0 Å². The number of nitrogens with one attached hydrogen (secondary N) is 1. The summed E-state index contributed by atoms with van der Waals surface area (Å²) in [6.45, 7) is 0.807. The Morgan fingerprint density at radius 1 is 1.38 bits per heavy atom. The third kappa shape index (κ3) is 3.20. The number of ether oxygens (including phenoxy) is 2. The third-order valence-electron chi connectivity index (χ3n) is 3.57. The van der Waals surface area contributed by atoms with Gasteiger partial charge >= 0.3 is 0 Å². The van der Waals surface area contributed by atoms with Gasteiger partial charge in [-0.3, -0.25) is 0 Å². The van der Waals surface area contributed by atoms with Crippen molar-refractivity contribution < 1.29 is 14.0 Å². The van der Waals surface area contributed by atoms with Crippen molar-refractivity contribution in [3.63, 3.8) is 0 Å². The summed E-state index contributed by atoms with van der Waals surface area (Å²) in [4.78, 5) is 8.61. The minimum absolute atomic E-state index is 0.0743. The molecule has 1 N–H and O–H groups in total. The summed E-state index contributed by atoms with van der Waals surface area (Å²) >= 11 is 0. The molecule has 0 radical (unpaired) electrons. The van der Waals surface area contributed by atoms with Crippen LogP contribution in [0.3, 0.4) is 0 Å². The minimum Gasteiger partial charge on any atom is -0.481 e. The second kappa shape index (κ2) is 6.19. The number of rotatable bonds is 5. The van der Waals surface area contributed by atoms with Crippen LogP contribution < -0.4 is 10.1 Å². The Morgan fingerprint density at radius 2 is 2.29 bits per heavy atom. The van der Waals surface area contributed by atoms with Gasteiger partial charge in [0, 0.05) is 32.3 Å². The molecule has 7 nitrogen and oxygen atoms in total. The maximum Gasteiger partial charge on any atom is 0.243 e. The summed E-state index contributed by atoms with van der Waals surface area (Å²) < 4.78 is 15.7. The predicted octanol–water partition coefficient (Wildman–Crippen LogP) is 1.11. The first-order valence-electron chi connectivity index (χ1n) is 6.86. The van der Waals surface area contributed by atoms with Crippen LogP contribution in [-0.4, -0.2) is 42.0 Å². The maximum absolute atomic E-state index is 5.33. The molecule has 0 aliphatic carbocycles. The second-order valence-electron chi connectivity index (χ2n) is 4.99. The maximum atomic E-state index is 5.33. The van der Waals surface area contributed by atoms with Crippen molar-refractivity contribution in [2.75, 3.05) is 20.8 Å². The highest BCUT2D eigenvalue weighted by Gasteiger charge is 2.29. The highest BCUT2D eigenvalue weighted by Crippen LogP contribution is 2.23. The van der Waals surface area contributed by atoms with Gasteiger partial charge in [-0.15, -0.1) is 0 Å². The van der Waals surface area contributed by atoms with Crippen molar-refractivity contribution in [2.24, 2.45) is 0 Å². The van der Waals surface area contributed by atoms with Gasteiger partial charge in [-0.2, -0.15) is 4.98 Å². The molecule has 0 amide bonds. The van der Waals surface area contributed by atoms with E-state index >= 15 is 0 Å². The van der Waals surface area contributed by atoms with Gasteiger partial charge in [-0.25, -0.2) is 4.98 Å². The van der Waals surface area contributed by atoms with Crippen LogP contribution in [0.25, 0.3) is 0 Å². The lowest BCUT2D eigenvalue weighted by molar-refractivity contribution is 0.116. The molecule has 1 aliphatic rings. The van der Waals surface area contributed by atoms with E-state index in [0.717, 1.165) is 18.5 Å². The Labute approximate surface area is 122 Å². The molecule has 1 aliphatic heterocycles. The quantitative estimate of drug-likeness (QED) is 0.883. The summed E-state index contributed by atoms with van der Waals surface area (Å²) in [5, 5.41) is 7.34. The second-order valence-corrected chi connectivity index (χ2v) is 4.99. The van der Waals surface area contributed by atoms with Crippen LogP contribution in [0.5, 0.6) is 5.88 Å². The van der Waals surface area contributed by atoms with E-state index < -0.39 is 0 Å². The molecule has 2 aromatic heterocycles. The van der Waals surface area contributed by atoms with Crippen LogP contribution in [-0.2, 0) is 11.2 Å². The van der Waals surface area contributed by atoms with Gasteiger partial charge in [0.05, 0.1) is 19.3 Å². The molecule has 0 aromatic carbocycles.